The van der Waals surface area contributed by atoms with Crippen molar-refractivity contribution in [2.45, 2.75) is 13.3 Å². The quantitative estimate of drug-likeness (QED) is 0.583. The SMILES string of the molecule is COC(=O)NCCCNC(C)=O. The van der Waals surface area contributed by atoms with E-state index in [4.69, 9.17) is 0 Å². The van der Waals surface area contributed by atoms with Gasteiger partial charge in [0.15, 0.2) is 0 Å². The molecule has 0 aliphatic heterocycles. The molecule has 0 atom stereocenters. The molecule has 2 N–H and O–H groups in total. The molecule has 0 aliphatic carbocycles. The van der Waals surface area contributed by atoms with Crippen LogP contribution in [0.4, 0.5) is 4.79 Å². The van der Waals surface area contributed by atoms with Gasteiger partial charge in [-0.05, 0) is 6.42 Å². The smallest absolute Gasteiger partial charge is 0.406 e. The molecule has 0 fully saturated rings. The van der Waals surface area contributed by atoms with Gasteiger partial charge >= 0.3 is 6.09 Å². The average Bonchev–Trinajstić information content (AvgIpc) is 2.03. The molecule has 0 unspecified atom stereocenters. The molecule has 0 aromatic rings. The summed E-state index contributed by atoms with van der Waals surface area (Å²) in [5.74, 6) is -0.0620. The van der Waals surface area contributed by atoms with E-state index in [0.717, 1.165) is 0 Å². The number of hydrogen-bond donors (Lipinski definition) is 2. The molecule has 0 rings (SSSR count). The highest BCUT2D eigenvalue weighted by atomic mass is 16.5. The number of alkyl carbamates (subject to hydrolysis) is 1. The van der Waals surface area contributed by atoms with Crippen molar-refractivity contribution in [1.82, 2.24) is 10.6 Å². The van der Waals surface area contributed by atoms with E-state index < -0.39 is 6.09 Å². The maximum atomic E-state index is 10.5. The molecule has 0 aliphatic rings. The molecule has 0 radical (unpaired) electrons. The normalized spacial score (nSPS) is 8.83. The van der Waals surface area contributed by atoms with Crippen LogP contribution in [-0.2, 0) is 9.53 Å². The number of hydrogen-bond acceptors (Lipinski definition) is 3. The van der Waals surface area contributed by atoms with E-state index in [1.165, 1.54) is 14.0 Å². The number of carbonyl (C=O) groups is 2. The summed E-state index contributed by atoms with van der Waals surface area (Å²) >= 11 is 0. The lowest BCUT2D eigenvalue weighted by Gasteiger charge is -2.03. The zero-order valence-corrected chi connectivity index (χ0v) is 7.35. The number of ether oxygens (including phenoxy) is 1. The number of nitrogens with one attached hydrogen (secondary N) is 2. The first-order chi connectivity index (χ1) is 5.66. The molecule has 0 saturated carbocycles. The maximum Gasteiger partial charge on any atom is 0.406 e. The number of rotatable bonds is 4. The van der Waals surface area contributed by atoms with Gasteiger partial charge in [0, 0.05) is 20.0 Å². The molecule has 0 spiro atoms. The van der Waals surface area contributed by atoms with Crippen molar-refractivity contribution >= 4 is 12.0 Å². The fourth-order valence-electron chi connectivity index (χ4n) is 0.615. The molecule has 0 aromatic heterocycles. The Morgan fingerprint density at radius 2 is 1.83 bits per heavy atom. The van der Waals surface area contributed by atoms with Crippen LogP contribution in [-0.4, -0.2) is 32.2 Å². The van der Waals surface area contributed by atoms with Crippen LogP contribution in [0.1, 0.15) is 13.3 Å². The van der Waals surface area contributed by atoms with Crippen LogP contribution in [0.25, 0.3) is 0 Å². The van der Waals surface area contributed by atoms with E-state index in [2.05, 4.69) is 15.4 Å². The molecule has 70 valence electrons. The van der Waals surface area contributed by atoms with Crippen LogP contribution in [0, 0.1) is 0 Å². The van der Waals surface area contributed by atoms with Gasteiger partial charge in [-0.2, -0.15) is 0 Å². The topological polar surface area (TPSA) is 67.4 Å². The average molecular weight is 174 g/mol. The lowest BCUT2D eigenvalue weighted by molar-refractivity contribution is -0.118. The molecule has 5 heteroatoms. The van der Waals surface area contributed by atoms with Gasteiger partial charge in [-0.1, -0.05) is 0 Å². The van der Waals surface area contributed by atoms with E-state index >= 15 is 0 Å². The van der Waals surface area contributed by atoms with Crippen LogP contribution in [0.3, 0.4) is 0 Å². The zero-order valence-electron chi connectivity index (χ0n) is 7.35. The summed E-state index contributed by atoms with van der Waals surface area (Å²) in [6.07, 6.45) is 0.257. The molecule has 0 heterocycles. The van der Waals surface area contributed by atoms with Gasteiger partial charge in [0.2, 0.25) is 5.91 Å². The minimum absolute atomic E-state index is 0.0620. The van der Waals surface area contributed by atoms with Gasteiger partial charge in [0.05, 0.1) is 7.11 Å². The Kier molecular flexibility index (Phi) is 5.77. The van der Waals surface area contributed by atoms with E-state index in [9.17, 15) is 9.59 Å². The Morgan fingerprint density at radius 3 is 2.33 bits per heavy atom. The van der Waals surface area contributed by atoms with Crippen LogP contribution in [0.2, 0.25) is 0 Å². The van der Waals surface area contributed by atoms with Crippen molar-refractivity contribution in [1.29, 1.82) is 0 Å². The molecule has 0 bridgehead atoms. The fraction of sp³-hybridized carbons (Fsp3) is 0.714. The molecule has 0 saturated heterocycles. The third-order valence-corrected chi connectivity index (χ3v) is 1.18. The molecule has 12 heavy (non-hydrogen) atoms. The third kappa shape index (κ3) is 6.85. The number of methoxy groups -OCH3 is 1. The Labute approximate surface area is 71.5 Å². The zero-order chi connectivity index (χ0) is 9.40. The Balaban J connectivity index is 3.11. The summed E-state index contributed by atoms with van der Waals surface area (Å²) in [7, 11) is 1.31. The maximum absolute atomic E-state index is 10.5. The van der Waals surface area contributed by atoms with Crippen molar-refractivity contribution in [3.63, 3.8) is 0 Å². The van der Waals surface area contributed by atoms with Crippen molar-refractivity contribution in [2.75, 3.05) is 20.2 Å². The number of amides is 2. The van der Waals surface area contributed by atoms with Crippen molar-refractivity contribution < 1.29 is 14.3 Å². The van der Waals surface area contributed by atoms with Gasteiger partial charge in [-0.15, -0.1) is 0 Å². The first kappa shape index (κ1) is 10.7. The van der Waals surface area contributed by atoms with Gasteiger partial charge in [-0.3, -0.25) is 4.79 Å². The minimum Gasteiger partial charge on any atom is -0.453 e. The van der Waals surface area contributed by atoms with Gasteiger partial charge in [-0.25, -0.2) is 4.79 Å². The molecular formula is C7H14N2O3. The Morgan fingerprint density at radius 1 is 1.25 bits per heavy atom. The Hall–Kier alpha value is -1.26. The van der Waals surface area contributed by atoms with E-state index in [1.807, 2.05) is 0 Å². The van der Waals surface area contributed by atoms with Crippen molar-refractivity contribution in [3.8, 4) is 0 Å². The monoisotopic (exact) mass is 174 g/mol. The second-order valence-electron chi connectivity index (χ2n) is 2.25. The lowest BCUT2D eigenvalue weighted by Crippen LogP contribution is -2.28. The van der Waals surface area contributed by atoms with Crippen LogP contribution in [0.15, 0.2) is 0 Å². The molecule has 5 nitrogen and oxygen atoms in total. The summed E-state index contributed by atoms with van der Waals surface area (Å²) in [5.41, 5.74) is 0. The molecular weight excluding hydrogens is 160 g/mol. The second kappa shape index (κ2) is 6.45. The third-order valence-electron chi connectivity index (χ3n) is 1.18. The van der Waals surface area contributed by atoms with Crippen molar-refractivity contribution in [2.24, 2.45) is 0 Å². The summed E-state index contributed by atoms with van der Waals surface area (Å²) in [4.78, 5) is 20.9. The van der Waals surface area contributed by atoms with Crippen molar-refractivity contribution in [3.05, 3.63) is 0 Å². The molecule has 0 aromatic carbocycles. The fourth-order valence-corrected chi connectivity index (χ4v) is 0.615. The van der Waals surface area contributed by atoms with E-state index in [0.29, 0.717) is 19.5 Å². The predicted octanol–water partition coefficient (Wildman–Crippen LogP) is -0.131. The second-order valence-corrected chi connectivity index (χ2v) is 2.25. The summed E-state index contributed by atoms with van der Waals surface area (Å²) in [6.45, 7) is 2.53. The van der Waals surface area contributed by atoms with Gasteiger partial charge in [0.25, 0.3) is 0 Å². The van der Waals surface area contributed by atoms with Gasteiger partial charge in [0.1, 0.15) is 0 Å². The highest BCUT2D eigenvalue weighted by Gasteiger charge is 1.96. The van der Waals surface area contributed by atoms with Crippen LogP contribution in [0.5, 0.6) is 0 Å². The largest absolute Gasteiger partial charge is 0.453 e. The minimum atomic E-state index is -0.446. The predicted molar refractivity (Wildman–Crippen MR) is 43.7 cm³/mol. The highest BCUT2D eigenvalue weighted by Crippen LogP contribution is 1.76. The summed E-state index contributed by atoms with van der Waals surface area (Å²) in [6, 6.07) is 0. The van der Waals surface area contributed by atoms with Crippen LogP contribution >= 0.6 is 0 Å². The lowest BCUT2D eigenvalue weighted by atomic mass is 10.4. The van der Waals surface area contributed by atoms with Crippen LogP contribution < -0.4 is 10.6 Å². The van der Waals surface area contributed by atoms with Gasteiger partial charge < -0.3 is 15.4 Å². The molecule has 2 amide bonds. The first-order valence-corrected chi connectivity index (χ1v) is 3.73. The summed E-state index contributed by atoms with van der Waals surface area (Å²) in [5, 5.41) is 5.10. The van der Waals surface area contributed by atoms with E-state index in [1.54, 1.807) is 0 Å². The Bertz CT molecular complexity index is 159. The number of carbonyl (C=O) groups excluding carboxylic acids is 2. The highest BCUT2D eigenvalue weighted by molar-refractivity contribution is 5.72. The summed E-state index contributed by atoms with van der Waals surface area (Å²) < 4.78 is 4.34. The van der Waals surface area contributed by atoms with E-state index in [-0.39, 0.29) is 5.91 Å². The standard InChI is InChI=1S/C7H14N2O3/c1-6(10)8-4-3-5-9-7(11)12-2/h3-5H2,1-2H3,(H,8,10)(H,9,11). The first-order valence-electron chi connectivity index (χ1n) is 3.73.